The molecule has 1 aromatic carbocycles. The second kappa shape index (κ2) is 6.22. The molecule has 19 heavy (non-hydrogen) atoms. The Bertz CT molecular complexity index is 484. The van der Waals surface area contributed by atoms with E-state index in [9.17, 15) is 9.59 Å². The summed E-state index contributed by atoms with van der Waals surface area (Å²) < 4.78 is 5.19. The molecule has 1 unspecified atom stereocenters. The number of likely N-dealkylation sites (N-methyl/N-ethyl adjacent to an activating group) is 1. The second-order valence-corrected chi connectivity index (χ2v) is 4.50. The molecule has 1 rings (SSSR count). The molecule has 5 nitrogen and oxygen atoms in total. The van der Waals surface area contributed by atoms with Gasteiger partial charge in [-0.05, 0) is 31.0 Å². The highest BCUT2D eigenvalue weighted by Crippen LogP contribution is 2.19. The first kappa shape index (κ1) is 15.0. The van der Waals surface area contributed by atoms with Gasteiger partial charge < -0.3 is 14.7 Å². The molecule has 0 aliphatic heterocycles. The largest absolute Gasteiger partial charge is 0.496 e. The zero-order valence-corrected chi connectivity index (χ0v) is 11.6. The van der Waals surface area contributed by atoms with Crippen LogP contribution in [-0.4, -0.2) is 42.1 Å². The third-order valence-corrected chi connectivity index (χ3v) is 3.16. The van der Waals surface area contributed by atoms with Crippen LogP contribution in [0.15, 0.2) is 18.2 Å². The maximum absolute atomic E-state index is 12.0. The standard InChI is InChI=1S/C14H19NO4/c1-9-5-6-11(7-12(9)19-4)8-13(16)15(3)10(2)14(17)18/h5-7,10H,8H2,1-4H3,(H,17,18). The Kier molecular flexibility index (Phi) is 4.92. The van der Waals surface area contributed by atoms with Crippen molar-refractivity contribution in [1.82, 2.24) is 4.90 Å². The SMILES string of the molecule is COc1cc(CC(=O)N(C)C(C)C(=O)O)ccc1C. The van der Waals surface area contributed by atoms with E-state index < -0.39 is 12.0 Å². The number of amides is 1. The molecular weight excluding hydrogens is 246 g/mol. The van der Waals surface area contributed by atoms with Gasteiger partial charge in [-0.25, -0.2) is 4.79 Å². The third-order valence-electron chi connectivity index (χ3n) is 3.16. The number of aliphatic carboxylic acids is 1. The second-order valence-electron chi connectivity index (χ2n) is 4.50. The monoisotopic (exact) mass is 265 g/mol. The maximum atomic E-state index is 12.0. The lowest BCUT2D eigenvalue weighted by Gasteiger charge is -2.21. The minimum Gasteiger partial charge on any atom is -0.496 e. The highest BCUT2D eigenvalue weighted by Gasteiger charge is 2.21. The summed E-state index contributed by atoms with van der Waals surface area (Å²) in [7, 11) is 3.07. The molecule has 0 aliphatic carbocycles. The van der Waals surface area contributed by atoms with E-state index in [0.717, 1.165) is 16.9 Å². The topological polar surface area (TPSA) is 66.8 Å². The Morgan fingerprint density at radius 3 is 2.58 bits per heavy atom. The van der Waals surface area contributed by atoms with Crippen molar-refractivity contribution in [3.05, 3.63) is 29.3 Å². The summed E-state index contributed by atoms with van der Waals surface area (Å²) in [5.41, 5.74) is 1.79. The fourth-order valence-electron chi connectivity index (χ4n) is 1.66. The van der Waals surface area contributed by atoms with E-state index in [1.54, 1.807) is 13.2 Å². The van der Waals surface area contributed by atoms with E-state index in [1.165, 1.54) is 18.9 Å². The van der Waals surface area contributed by atoms with Crippen LogP contribution < -0.4 is 4.74 Å². The fourth-order valence-corrected chi connectivity index (χ4v) is 1.66. The molecule has 104 valence electrons. The van der Waals surface area contributed by atoms with Gasteiger partial charge in [-0.1, -0.05) is 12.1 Å². The predicted octanol–water partition coefficient (Wildman–Crippen LogP) is 1.48. The molecule has 5 heteroatoms. The number of methoxy groups -OCH3 is 1. The minimum absolute atomic E-state index is 0.157. The van der Waals surface area contributed by atoms with Crippen LogP contribution in [0.25, 0.3) is 0 Å². The molecule has 0 radical (unpaired) electrons. The lowest BCUT2D eigenvalue weighted by Crippen LogP contribution is -2.41. The van der Waals surface area contributed by atoms with Crippen LogP contribution in [0, 0.1) is 6.92 Å². The summed E-state index contributed by atoms with van der Waals surface area (Å²) in [6, 6.07) is 4.68. The van der Waals surface area contributed by atoms with Gasteiger partial charge in [-0.2, -0.15) is 0 Å². The molecule has 0 bridgehead atoms. The molecule has 1 aromatic rings. The van der Waals surface area contributed by atoms with Crippen molar-refractivity contribution in [2.75, 3.05) is 14.2 Å². The van der Waals surface area contributed by atoms with Crippen molar-refractivity contribution >= 4 is 11.9 Å². The van der Waals surface area contributed by atoms with Gasteiger partial charge in [0, 0.05) is 7.05 Å². The van der Waals surface area contributed by atoms with Crippen molar-refractivity contribution < 1.29 is 19.4 Å². The van der Waals surface area contributed by atoms with Crippen LogP contribution in [-0.2, 0) is 16.0 Å². The van der Waals surface area contributed by atoms with Gasteiger partial charge >= 0.3 is 5.97 Å². The average Bonchev–Trinajstić information content (AvgIpc) is 2.38. The minimum atomic E-state index is -1.02. The molecule has 0 saturated carbocycles. The molecule has 1 atom stereocenters. The van der Waals surface area contributed by atoms with Gasteiger partial charge in [-0.3, -0.25) is 4.79 Å². The van der Waals surface area contributed by atoms with Gasteiger partial charge in [0.2, 0.25) is 5.91 Å². The molecular formula is C14H19NO4. The van der Waals surface area contributed by atoms with Gasteiger partial charge in [0.1, 0.15) is 11.8 Å². The van der Waals surface area contributed by atoms with Crippen LogP contribution in [0.1, 0.15) is 18.1 Å². The summed E-state index contributed by atoms with van der Waals surface area (Å²) in [6.45, 7) is 3.40. The Morgan fingerprint density at radius 2 is 2.05 bits per heavy atom. The summed E-state index contributed by atoms with van der Waals surface area (Å²) in [5.74, 6) is -0.530. The quantitative estimate of drug-likeness (QED) is 0.875. The van der Waals surface area contributed by atoms with E-state index >= 15 is 0 Å². The van der Waals surface area contributed by atoms with Gasteiger partial charge in [0.05, 0.1) is 13.5 Å². The zero-order valence-electron chi connectivity index (χ0n) is 11.6. The number of carbonyl (C=O) groups excluding carboxylic acids is 1. The van der Waals surface area contributed by atoms with Crippen molar-refractivity contribution in [3.8, 4) is 5.75 Å². The molecule has 1 amide bonds. The number of aryl methyl sites for hydroxylation is 1. The number of rotatable bonds is 5. The molecule has 0 spiro atoms. The molecule has 0 heterocycles. The van der Waals surface area contributed by atoms with E-state index in [2.05, 4.69) is 0 Å². The first-order valence-corrected chi connectivity index (χ1v) is 5.98. The van der Waals surface area contributed by atoms with Crippen LogP contribution in [0.4, 0.5) is 0 Å². The van der Waals surface area contributed by atoms with Crippen molar-refractivity contribution in [2.45, 2.75) is 26.3 Å². The lowest BCUT2D eigenvalue weighted by molar-refractivity contribution is -0.148. The fraction of sp³-hybridized carbons (Fsp3) is 0.429. The Labute approximate surface area is 112 Å². The predicted molar refractivity (Wildman–Crippen MR) is 71.3 cm³/mol. The number of nitrogens with zero attached hydrogens (tertiary/aromatic N) is 1. The van der Waals surface area contributed by atoms with E-state index in [4.69, 9.17) is 9.84 Å². The number of carbonyl (C=O) groups is 2. The molecule has 1 N–H and O–H groups in total. The summed E-state index contributed by atoms with van der Waals surface area (Å²) in [5, 5.41) is 8.87. The smallest absolute Gasteiger partial charge is 0.326 e. The van der Waals surface area contributed by atoms with Crippen molar-refractivity contribution in [1.29, 1.82) is 0 Å². The number of carboxylic acid groups (broad SMARTS) is 1. The molecule has 0 saturated heterocycles. The van der Waals surface area contributed by atoms with E-state index in [-0.39, 0.29) is 12.3 Å². The first-order valence-electron chi connectivity index (χ1n) is 5.98. The van der Waals surface area contributed by atoms with Crippen molar-refractivity contribution in [3.63, 3.8) is 0 Å². The van der Waals surface area contributed by atoms with Crippen LogP contribution in [0.5, 0.6) is 5.75 Å². The average molecular weight is 265 g/mol. The summed E-state index contributed by atoms with van der Waals surface area (Å²) in [6.07, 6.45) is 0.157. The van der Waals surface area contributed by atoms with Crippen LogP contribution in [0.3, 0.4) is 0 Å². The third kappa shape index (κ3) is 3.71. The normalized spacial score (nSPS) is 11.8. The Balaban J connectivity index is 2.79. The highest BCUT2D eigenvalue weighted by molar-refractivity contribution is 5.84. The van der Waals surface area contributed by atoms with Gasteiger partial charge in [-0.15, -0.1) is 0 Å². The summed E-state index contributed by atoms with van der Waals surface area (Å²) >= 11 is 0. The Morgan fingerprint density at radius 1 is 1.42 bits per heavy atom. The first-order chi connectivity index (χ1) is 8.86. The number of benzene rings is 1. The Hall–Kier alpha value is -2.04. The summed E-state index contributed by atoms with van der Waals surface area (Å²) in [4.78, 5) is 24.0. The maximum Gasteiger partial charge on any atom is 0.326 e. The number of hydrogen-bond donors (Lipinski definition) is 1. The van der Waals surface area contributed by atoms with Gasteiger partial charge in [0.15, 0.2) is 0 Å². The van der Waals surface area contributed by atoms with Crippen molar-refractivity contribution in [2.24, 2.45) is 0 Å². The highest BCUT2D eigenvalue weighted by atomic mass is 16.5. The van der Waals surface area contributed by atoms with Crippen LogP contribution in [0.2, 0.25) is 0 Å². The van der Waals surface area contributed by atoms with Gasteiger partial charge in [0.25, 0.3) is 0 Å². The van der Waals surface area contributed by atoms with E-state index in [1.807, 2.05) is 19.1 Å². The number of ether oxygens (including phenoxy) is 1. The zero-order chi connectivity index (χ0) is 14.6. The number of hydrogen-bond acceptors (Lipinski definition) is 3. The lowest BCUT2D eigenvalue weighted by atomic mass is 10.1. The molecule has 0 aliphatic rings. The van der Waals surface area contributed by atoms with Crippen LogP contribution >= 0.6 is 0 Å². The molecule has 0 aromatic heterocycles. The number of carboxylic acids is 1. The van der Waals surface area contributed by atoms with E-state index in [0.29, 0.717) is 0 Å². The molecule has 0 fully saturated rings.